The Labute approximate surface area is 113 Å². The van der Waals surface area contributed by atoms with Gasteiger partial charge < -0.3 is 14.5 Å². The smallest absolute Gasteiger partial charge is 0.303 e. The number of carbonyl (C=O) groups is 2. The molecule has 0 radical (unpaired) electrons. The Bertz CT molecular complexity index is 272. The van der Waals surface area contributed by atoms with Crippen LogP contribution < -0.4 is 5.32 Å². The molecule has 0 unspecified atom stereocenters. The first-order chi connectivity index (χ1) is 8.37. The van der Waals surface area contributed by atoms with Crippen molar-refractivity contribution in [3.05, 3.63) is 0 Å². The second-order valence-electron chi connectivity index (χ2n) is 5.02. The minimum Gasteiger partial charge on any atom is -0.481 e. The third-order valence-corrected chi connectivity index (χ3v) is 8.85. The fraction of sp³-hybridized carbons (Fsp3) is 0.818. The molecule has 106 valence electrons. The molecular formula is C11H25NO4Si2. The minimum atomic E-state index is -1.45. The molecule has 0 aliphatic heterocycles. The average molecular weight is 291 g/mol. The number of carboxylic acids is 1. The molecular weight excluding hydrogens is 266 g/mol. The molecule has 5 nitrogen and oxygen atoms in total. The van der Waals surface area contributed by atoms with Crippen LogP contribution in [0.25, 0.3) is 0 Å². The molecule has 18 heavy (non-hydrogen) atoms. The van der Waals surface area contributed by atoms with Crippen molar-refractivity contribution in [3.8, 4) is 0 Å². The molecule has 0 aromatic carbocycles. The molecule has 0 atom stereocenters. The van der Waals surface area contributed by atoms with Gasteiger partial charge in [0, 0.05) is 19.4 Å². The first-order valence-corrected chi connectivity index (χ1v) is 10.3. The van der Waals surface area contributed by atoms with E-state index in [0.29, 0.717) is 25.8 Å². The number of amides is 1. The van der Waals surface area contributed by atoms with E-state index in [0.717, 1.165) is 23.0 Å². The first-order valence-electron chi connectivity index (χ1n) is 6.41. The van der Waals surface area contributed by atoms with Gasteiger partial charge in [0.25, 0.3) is 0 Å². The minimum absolute atomic E-state index is 0.0200. The summed E-state index contributed by atoms with van der Waals surface area (Å²) in [5.74, 6) is -0.780. The molecule has 0 aliphatic rings. The van der Waals surface area contributed by atoms with E-state index in [1.807, 2.05) is 0 Å². The summed E-state index contributed by atoms with van der Waals surface area (Å²) in [4.78, 5) is 21.7. The molecule has 0 aromatic heterocycles. The van der Waals surface area contributed by atoms with Crippen molar-refractivity contribution in [2.75, 3.05) is 6.54 Å². The molecule has 1 amide bonds. The zero-order chi connectivity index (χ0) is 14.0. The van der Waals surface area contributed by atoms with Crippen LogP contribution >= 0.6 is 0 Å². The molecule has 0 bridgehead atoms. The van der Waals surface area contributed by atoms with Gasteiger partial charge in [-0.15, -0.1) is 0 Å². The average Bonchev–Trinajstić information content (AvgIpc) is 2.30. The van der Waals surface area contributed by atoms with Gasteiger partial charge in [-0.3, -0.25) is 9.59 Å². The van der Waals surface area contributed by atoms with Crippen LogP contribution in [-0.2, 0) is 13.7 Å². The van der Waals surface area contributed by atoms with Gasteiger partial charge >= 0.3 is 5.97 Å². The molecule has 0 fully saturated rings. The maximum Gasteiger partial charge on any atom is 0.303 e. The Morgan fingerprint density at radius 2 is 1.83 bits per heavy atom. The van der Waals surface area contributed by atoms with Gasteiger partial charge in [0.1, 0.15) is 10.5 Å². The van der Waals surface area contributed by atoms with Crippen molar-refractivity contribution in [2.24, 2.45) is 0 Å². The molecule has 0 spiro atoms. The Morgan fingerprint density at radius 1 is 1.22 bits per heavy atom. The van der Waals surface area contributed by atoms with E-state index in [9.17, 15) is 9.59 Å². The van der Waals surface area contributed by atoms with Crippen LogP contribution in [0.1, 0.15) is 32.1 Å². The normalized spacial score (nSPS) is 11.4. The Balaban J connectivity index is 3.45. The highest BCUT2D eigenvalue weighted by atomic mass is 28.4. The lowest BCUT2D eigenvalue weighted by Gasteiger charge is -2.20. The highest BCUT2D eigenvalue weighted by Gasteiger charge is 2.18. The van der Waals surface area contributed by atoms with Crippen LogP contribution in [0, 0.1) is 0 Å². The Kier molecular flexibility index (Phi) is 8.94. The second-order valence-corrected chi connectivity index (χ2v) is 10.7. The van der Waals surface area contributed by atoms with Gasteiger partial charge in [-0.1, -0.05) is 0 Å². The van der Waals surface area contributed by atoms with Gasteiger partial charge in [-0.05, 0) is 38.4 Å². The highest BCUT2D eigenvalue weighted by molar-refractivity contribution is 6.73. The number of carbonyl (C=O) groups excluding carboxylic acids is 1. The third-order valence-electron chi connectivity index (χ3n) is 2.87. The summed E-state index contributed by atoms with van der Waals surface area (Å²) in [6, 6.07) is 1.07. The van der Waals surface area contributed by atoms with E-state index in [1.54, 1.807) is 0 Å². The number of aliphatic carboxylic acids is 1. The molecule has 0 aliphatic carbocycles. The maximum atomic E-state index is 11.4. The summed E-state index contributed by atoms with van der Waals surface area (Å²) in [5.41, 5.74) is 0. The fourth-order valence-electron chi connectivity index (χ4n) is 1.49. The van der Waals surface area contributed by atoms with Crippen LogP contribution in [0.3, 0.4) is 0 Å². The van der Waals surface area contributed by atoms with Crippen LogP contribution in [0.15, 0.2) is 0 Å². The maximum absolute atomic E-state index is 11.4. The molecule has 0 saturated carbocycles. The first kappa shape index (κ1) is 17.3. The van der Waals surface area contributed by atoms with Crippen molar-refractivity contribution in [3.63, 3.8) is 0 Å². The Morgan fingerprint density at radius 3 is 2.39 bits per heavy atom. The van der Waals surface area contributed by atoms with E-state index < -0.39 is 14.3 Å². The van der Waals surface area contributed by atoms with Gasteiger partial charge in [0.05, 0.1) is 0 Å². The van der Waals surface area contributed by atoms with Crippen LogP contribution in [0.5, 0.6) is 0 Å². The molecule has 0 rings (SSSR count). The SMILES string of the molecule is C[Si](C)(CCCNC(=O)CCCCC(=O)O)O[SiH3]. The standard InChI is InChI=1S/C11H25NO4Si2/c1-18(2,16-17)9-5-8-12-10(13)6-3-4-7-11(14)15/h3-9H2,1-2,17H3,(H,12,13)(H,14,15). The number of unbranched alkanes of at least 4 members (excludes halogenated alkanes) is 1. The highest BCUT2D eigenvalue weighted by Crippen LogP contribution is 2.11. The molecule has 0 saturated heterocycles. The van der Waals surface area contributed by atoms with Gasteiger partial charge in [0.2, 0.25) is 5.91 Å². The van der Waals surface area contributed by atoms with E-state index in [4.69, 9.17) is 9.22 Å². The summed E-state index contributed by atoms with van der Waals surface area (Å²) in [6.07, 6.45) is 2.73. The lowest BCUT2D eigenvalue weighted by molar-refractivity contribution is -0.137. The summed E-state index contributed by atoms with van der Waals surface area (Å²) in [7, 11) is -0.659. The monoisotopic (exact) mass is 291 g/mol. The predicted molar refractivity (Wildman–Crippen MR) is 77.0 cm³/mol. The van der Waals surface area contributed by atoms with Crippen molar-refractivity contribution in [1.29, 1.82) is 0 Å². The Hall–Kier alpha value is -0.666. The summed E-state index contributed by atoms with van der Waals surface area (Å²) in [6.45, 7) is 5.07. The van der Waals surface area contributed by atoms with E-state index >= 15 is 0 Å². The molecule has 7 heteroatoms. The summed E-state index contributed by atoms with van der Waals surface area (Å²) < 4.78 is 5.56. The second kappa shape index (κ2) is 9.29. The topological polar surface area (TPSA) is 75.6 Å². The largest absolute Gasteiger partial charge is 0.481 e. The van der Waals surface area contributed by atoms with Gasteiger partial charge in [-0.2, -0.15) is 0 Å². The number of nitrogens with one attached hydrogen (secondary N) is 1. The number of rotatable bonds is 10. The van der Waals surface area contributed by atoms with Crippen LogP contribution in [-0.4, -0.2) is 42.3 Å². The third kappa shape index (κ3) is 10.5. The van der Waals surface area contributed by atoms with Crippen LogP contribution in [0.4, 0.5) is 0 Å². The number of hydrogen-bond acceptors (Lipinski definition) is 3. The van der Waals surface area contributed by atoms with E-state index in [-0.39, 0.29) is 12.3 Å². The zero-order valence-electron chi connectivity index (χ0n) is 11.6. The van der Waals surface area contributed by atoms with Crippen molar-refractivity contribution >= 4 is 30.7 Å². The van der Waals surface area contributed by atoms with E-state index in [1.165, 1.54) is 0 Å². The predicted octanol–water partition coefficient (Wildman–Crippen LogP) is 0.640. The number of carboxylic acid groups (broad SMARTS) is 1. The lowest BCUT2D eigenvalue weighted by Crippen LogP contribution is -2.31. The molecule has 2 N–H and O–H groups in total. The number of hydrogen-bond donors (Lipinski definition) is 2. The van der Waals surface area contributed by atoms with E-state index in [2.05, 4.69) is 18.4 Å². The summed E-state index contributed by atoms with van der Waals surface area (Å²) >= 11 is 0. The van der Waals surface area contributed by atoms with Crippen LogP contribution in [0.2, 0.25) is 19.1 Å². The van der Waals surface area contributed by atoms with Crippen molar-refractivity contribution < 1.29 is 18.8 Å². The van der Waals surface area contributed by atoms with Crippen molar-refractivity contribution in [1.82, 2.24) is 5.32 Å². The lowest BCUT2D eigenvalue weighted by atomic mass is 10.2. The van der Waals surface area contributed by atoms with Gasteiger partial charge in [0.15, 0.2) is 8.32 Å². The van der Waals surface area contributed by atoms with Gasteiger partial charge in [-0.25, -0.2) is 0 Å². The molecule has 0 heterocycles. The zero-order valence-corrected chi connectivity index (χ0v) is 14.6. The molecule has 0 aromatic rings. The fourth-order valence-corrected chi connectivity index (χ4v) is 3.34. The van der Waals surface area contributed by atoms with Crippen molar-refractivity contribution in [2.45, 2.75) is 51.2 Å². The summed E-state index contributed by atoms with van der Waals surface area (Å²) in [5, 5.41) is 11.3. The quantitative estimate of drug-likeness (QED) is 0.457.